The second-order valence-corrected chi connectivity index (χ2v) is 7.19. The first-order valence-corrected chi connectivity index (χ1v) is 12.3. The average Bonchev–Trinajstić information content (AvgIpc) is 2.73. The number of hydrogen-bond donors (Lipinski definition) is 1. The molecule has 1 heterocycles. The molecule has 0 fully saturated rings. The van der Waals surface area contributed by atoms with Crippen LogP contribution >= 0.6 is 0 Å². The monoisotopic (exact) mass is 552 g/mol. The largest absolute Gasteiger partial charge is 0.333 e. The minimum Gasteiger partial charge on any atom is -0.333 e. The second-order valence-electron chi connectivity index (χ2n) is 4.22. The van der Waals surface area contributed by atoms with Gasteiger partial charge in [0.15, 0.2) is 0 Å². The molecule has 2 N–H and O–H groups in total. The minimum absolute atomic E-state index is 0.539. The Balaban J connectivity index is -0.000000266. The standard InChI is InChI=1S/C15H21N2.3C2H6.CH5N.Hg/c1-5-10-17-11-9-13(6-2)15(8-4)16-12-14(17)7-3;4*1-2;/h5-8,10H,2,4,9,11-12H2,1,3H3;3*1-2H3;2H2,1H3;/q-1;;;;;+1/b10-5-,14-7-,15-13-;;;;;. The molecule has 4 heteroatoms. The molecular formula is C22H44HgN3. The number of allylic oxidation sites excluding steroid dienone is 4. The number of hydrogen-bond acceptors (Lipinski definition) is 3. The summed E-state index contributed by atoms with van der Waals surface area (Å²) in [6, 6.07) is 0. The van der Waals surface area contributed by atoms with Crippen molar-refractivity contribution in [2.24, 2.45) is 5.73 Å². The molecule has 0 spiro atoms. The SMILES string of the molecule is C=C/C1=C(\C=C)[N]([Hg])C/C(=C/C)N(/C=C\C)CC1.CC.CC.CC.CN. The fourth-order valence-electron chi connectivity index (χ4n) is 2.16. The molecule has 0 aromatic heterocycles. The van der Waals surface area contributed by atoms with Gasteiger partial charge in [0.05, 0.1) is 0 Å². The topological polar surface area (TPSA) is 32.5 Å². The third kappa shape index (κ3) is 13.4. The van der Waals surface area contributed by atoms with Crippen LogP contribution in [0.3, 0.4) is 0 Å². The molecule has 0 bridgehead atoms. The molecule has 0 saturated heterocycles. The van der Waals surface area contributed by atoms with E-state index >= 15 is 0 Å². The average molecular weight is 551 g/mol. The smallest absolute Gasteiger partial charge is 0.0195 e. The molecule has 1 aliphatic rings. The van der Waals surface area contributed by atoms with Crippen molar-refractivity contribution in [2.75, 3.05) is 20.1 Å². The van der Waals surface area contributed by atoms with Crippen LogP contribution in [0.4, 0.5) is 0 Å². The van der Waals surface area contributed by atoms with Gasteiger partial charge in [0.1, 0.15) is 0 Å². The molecular weight excluding hydrogens is 507 g/mol. The molecule has 0 radical (unpaired) electrons. The maximum absolute atomic E-state index is 4.50. The third-order valence-electron chi connectivity index (χ3n) is 3.12. The van der Waals surface area contributed by atoms with E-state index in [1.807, 2.05) is 53.7 Å². The Morgan fingerprint density at radius 1 is 0.962 bits per heavy atom. The maximum Gasteiger partial charge on any atom is -0.0195 e. The van der Waals surface area contributed by atoms with Crippen LogP contribution in [-0.4, -0.2) is 27.7 Å². The van der Waals surface area contributed by atoms with Crippen LogP contribution in [-0.2, 0) is 26.4 Å². The summed E-state index contributed by atoms with van der Waals surface area (Å²) in [7, 11) is 1.50. The Hall–Kier alpha value is -0.805. The van der Waals surface area contributed by atoms with Gasteiger partial charge in [0.25, 0.3) is 0 Å². The summed E-state index contributed by atoms with van der Waals surface area (Å²) in [6.45, 7) is 26.0. The maximum atomic E-state index is 4.50. The molecule has 0 atom stereocenters. The van der Waals surface area contributed by atoms with Crippen molar-refractivity contribution in [2.45, 2.75) is 61.8 Å². The van der Waals surface area contributed by atoms with E-state index < -0.39 is 0 Å². The number of nitrogens with zero attached hydrogens (tertiary/aromatic N) is 2. The Morgan fingerprint density at radius 2 is 1.46 bits per heavy atom. The summed E-state index contributed by atoms with van der Waals surface area (Å²) in [6.07, 6.45) is 11.4. The van der Waals surface area contributed by atoms with E-state index in [0.29, 0.717) is 26.4 Å². The Kier molecular flexibility index (Phi) is 33.4. The van der Waals surface area contributed by atoms with E-state index in [2.05, 4.69) is 58.7 Å². The van der Waals surface area contributed by atoms with E-state index in [4.69, 9.17) is 0 Å². The van der Waals surface area contributed by atoms with Gasteiger partial charge >= 0.3 is 128 Å². The number of rotatable bonds is 3. The molecule has 1 rings (SSSR count). The fraction of sp³-hybridized carbons (Fsp3) is 0.545. The summed E-state index contributed by atoms with van der Waals surface area (Å²) in [5.74, 6) is 0. The molecule has 0 aromatic rings. The molecule has 0 unspecified atom stereocenters. The molecule has 149 valence electrons. The van der Waals surface area contributed by atoms with E-state index in [-0.39, 0.29) is 0 Å². The zero-order chi connectivity index (χ0) is 21.5. The van der Waals surface area contributed by atoms with Crippen molar-refractivity contribution in [3.05, 3.63) is 60.6 Å². The predicted octanol–water partition coefficient (Wildman–Crippen LogP) is 6.17. The molecule has 0 aliphatic carbocycles. The van der Waals surface area contributed by atoms with Crippen LogP contribution in [0, 0.1) is 0 Å². The first-order chi connectivity index (χ1) is 12.7. The van der Waals surface area contributed by atoms with Crippen LogP contribution in [0.5, 0.6) is 0 Å². The number of nitrogens with two attached hydrogens (primary N) is 1. The molecule has 0 saturated carbocycles. The quantitative estimate of drug-likeness (QED) is 0.426. The van der Waals surface area contributed by atoms with Gasteiger partial charge in [-0.25, -0.2) is 0 Å². The fourth-order valence-corrected chi connectivity index (χ4v) is 4.34. The summed E-state index contributed by atoms with van der Waals surface area (Å²) in [5.41, 5.74) is 8.45. The third-order valence-corrected chi connectivity index (χ3v) is 5.31. The van der Waals surface area contributed by atoms with Crippen LogP contribution in [0.15, 0.2) is 60.6 Å². The molecule has 0 aromatic carbocycles. The zero-order valence-electron chi connectivity index (χ0n) is 19.1. The van der Waals surface area contributed by atoms with E-state index in [0.717, 1.165) is 19.5 Å². The van der Waals surface area contributed by atoms with Gasteiger partial charge in [-0.15, -0.1) is 0 Å². The minimum atomic E-state index is 0.539. The van der Waals surface area contributed by atoms with Gasteiger partial charge < -0.3 is 5.73 Å². The van der Waals surface area contributed by atoms with Crippen LogP contribution in [0.2, 0.25) is 0 Å². The van der Waals surface area contributed by atoms with Gasteiger partial charge in [-0.05, 0) is 7.05 Å². The van der Waals surface area contributed by atoms with Crippen molar-refractivity contribution < 1.29 is 26.4 Å². The van der Waals surface area contributed by atoms with Gasteiger partial charge in [0, 0.05) is 0 Å². The van der Waals surface area contributed by atoms with E-state index in [1.165, 1.54) is 24.0 Å². The van der Waals surface area contributed by atoms with Gasteiger partial charge in [-0.3, -0.25) is 0 Å². The molecule has 1 aliphatic heterocycles. The van der Waals surface area contributed by atoms with Crippen molar-refractivity contribution in [1.82, 2.24) is 7.56 Å². The summed E-state index contributed by atoms with van der Waals surface area (Å²) in [4.78, 5) is 2.34. The van der Waals surface area contributed by atoms with Crippen molar-refractivity contribution in [1.29, 1.82) is 0 Å². The zero-order valence-corrected chi connectivity index (χ0v) is 24.6. The van der Waals surface area contributed by atoms with Crippen molar-refractivity contribution >= 4 is 0 Å². The second kappa shape index (κ2) is 26.4. The Morgan fingerprint density at radius 3 is 1.81 bits per heavy atom. The van der Waals surface area contributed by atoms with E-state index in [1.54, 1.807) is 0 Å². The first kappa shape index (κ1) is 32.8. The molecule has 3 nitrogen and oxygen atoms in total. The van der Waals surface area contributed by atoms with Crippen LogP contribution in [0.1, 0.15) is 61.8 Å². The van der Waals surface area contributed by atoms with Crippen LogP contribution in [0.25, 0.3) is 0 Å². The summed E-state index contributed by atoms with van der Waals surface area (Å²) in [5, 5.41) is 0. The normalized spacial score (nSPS) is 17.8. The predicted molar refractivity (Wildman–Crippen MR) is 118 cm³/mol. The van der Waals surface area contributed by atoms with Crippen molar-refractivity contribution in [3.63, 3.8) is 0 Å². The Bertz CT molecular complexity index is 410. The molecule has 26 heavy (non-hydrogen) atoms. The van der Waals surface area contributed by atoms with Gasteiger partial charge in [-0.1, -0.05) is 41.5 Å². The molecule has 0 amide bonds. The summed E-state index contributed by atoms with van der Waals surface area (Å²) >= 11 is 0.539. The summed E-state index contributed by atoms with van der Waals surface area (Å²) < 4.78 is 2.43. The van der Waals surface area contributed by atoms with Gasteiger partial charge in [-0.2, -0.15) is 0 Å². The van der Waals surface area contributed by atoms with E-state index in [9.17, 15) is 0 Å². The van der Waals surface area contributed by atoms with Gasteiger partial charge in [0.2, 0.25) is 0 Å². The first-order valence-electron chi connectivity index (χ1n) is 9.86. The Labute approximate surface area is 181 Å². The van der Waals surface area contributed by atoms with Crippen molar-refractivity contribution in [3.8, 4) is 0 Å². The van der Waals surface area contributed by atoms with Crippen LogP contribution < -0.4 is 5.73 Å².